The van der Waals surface area contributed by atoms with Gasteiger partial charge in [0.1, 0.15) is 28.8 Å². The highest BCUT2D eigenvalue weighted by Crippen LogP contribution is 2.12. The number of amides is 1. The second-order valence-corrected chi connectivity index (χ2v) is 5.42. The summed E-state index contributed by atoms with van der Waals surface area (Å²) in [7, 11) is 0. The fourth-order valence-corrected chi connectivity index (χ4v) is 2.23. The topological polar surface area (TPSA) is 91.8 Å². The van der Waals surface area contributed by atoms with Crippen LogP contribution >= 0.6 is 0 Å². The summed E-state index contributed by atoms with van der Waals surface area (Å²) < 4.78 is 27.0. The van der Waals surface area contributed by atoms with Crippen molar-refractivity contribution in [3.8, 4) is 0 Å². The molecule has 2 heterocycles. The zero-order valence-electron chi connectivity index (χ0n) is 14.1. The maximum atomic E-state index is 13.5. The van der Waals surface area contributed by atoms with Gasteiger partial charge in [0.15, 0.2) is 5.82 Å². The molecule has 7 nitrogen and oxygen atoms in total. The summed E-state index contributed by atoms with van der Waals surface area (Å²) in [5, 5.41) is 16.4. The van der Waals surface area contributed by atoms with Gasteiger partial charge in [0.05, 0.1) is 0 Å². The van der Waals surface area contributed by atoms with Gasteiger partial charge in [-0.2, -0.15) is 0 Å². The van der Waals surface area contributed by atoms with Crippen LogP contribution in [0.5, 0.6) is 0 Å². The predicted octanol–water partition coefficient (Wildman–Crippen LogP) is 2.74. The van der Waals surface area contributed by atoms with E-state index in [4.69, 9.17) is 0 Å². The van der Waals surface area contributed by atoms with Crippen molar-refractivity contribution < 1.29 is 13.6 Å². The van der Waals surface area contributed by atoms with Crippen LogP contribution in [0, 0.1) is 11.6 Å². The van der Waals surface area contributed by atoms with Crippen LogP contribution in [0.1, 0.15) is 10.4 Å². The van der Waals surface area contributed by atoms with E-state index in [1.165, 1.54) is 6.07 Å². The van der Waals surface area contributed by atoms with Crippen LogP contribution in [0.25, 0.3) is 0 Å². The predicted molar refractivity (Wildman–Crippen MR) is 96.7 cm³/mol. The first-order valence-corrected chi connectivity index (χ1v) is 8.11. The number of aromatic nitrogens is 3. The molecule has 27 heavy (non-hydrogen) atoms. The molecule has 2 aromatic heterocycles. The van der Waals surface area contributed by atoms with Crippen molar-refractivity contribution in [2.75, 3.05) is 23.7 Å². The SMILES string of the molecule is O=C(NCCNc1ccc(Nc2ccccn2)nn1)c1c(F)cccc1F. The molecule has 3 aromatic rings. The van der Waals surface area contributed by atoms with Crippen molar-refractivity contribution in [2.45, 2.75) is 0 Å². The van der Waals surface area contributed by atoms with Gasteiger partial charge in [0.25, 0.3) is 5.91 Å². The number of carbonyl (C=O) groups is 1. The zero-order chi connectivity index (χ0) is 19.1. The number of hydrogen-bond acceptors (Lipinski definition) is 6. The van der Waals surface area contributed by atoms with Crippen LogP contribution in [0.2, 0.25) is 0 Å². The molecule has 0 saturated carbocycles. The Bertz CT molecular complexity index is 885. The van der Waals surface area contributed by atoms with Crippen LogP contribution < -0.4 is 16.0 Å². The molecular weight excluding hydrogens is 354 g/mol. The Morgan fingerprint density at radius 2 is 1.59 bits per heavy atom. The van der Waals surface area contributed by atoms with E-state index in [0.717, 1.165) is 12.1 Å². The highest BCUT2D eigenvalue weighted by Gasteiger charge is 2.16. The Kier molecular flexibility index (Phi) is 5.83. The first-order chi connectivity index (χ1) is 13.1. The molecule has 0 aliphatic heterocycles. The number of benzene rings is 1. The summed E-state index contributed by atoms with van der Waals surface area (Å²) in [4.78, 5) is 16.0. The fraction of sp³-hybridized carbons (Fsp3) is 0.111. The van der Waals surface area contributed by atoms with Gasteiger partial charge in [0.2, 0.25) is 0 Å². The normalized spacial score (nSPS) is 10.3. The van der Waals surface area contributed by atoms with Gasteiger partial charge in [-0.25, -0.2) is 13.8 Å². The van der Waals surface area contributed by atoms with Crippen LogP contribution in [-0.2, 0) is 0 Å². The van der Waals surface area contributed by atoms with Crippen LogP contribution in [0.3, 0.4) is 0 Å². The van der Waals surface area contributed by atoms with Gasteiger partial charge < -0.3 is 16.0 Å². The third-order valence-corrected chi connectivity index (χ3v) is 3.49. The summed E-state index contributed by atoms with van der Waals surface area (Å²) in [6, 6.07) is 12.2. The molecule has 0 aliphatic carbocycles. The number of pyridine rings is 1. The number of halogens is 2. The highest BCUT2D eigenvalue weighted by molar-refractivity contribution is 5.94. The average Bonchev–Trinajstić information content (AvgIpc) is 2.67. The Morgan fingerprint density at radius 3 is 2.26 bits per heavy atom. The Balaban J connectivity index is 1.46. The van der Waals surface area contributed by atoms with Gasteiger partial charge in [-0.05, 0) is 36.4 Å². The summed E-state index contributed by atoms with van der Waals surface area (Å²) >= 11 is 0. The van der Waals surface area contributed by atoms with E-state index < -0.39 is 23.1 Å². The highest BCUT2D eigenvalue weighted by atomic mass is 19.1. The van der Waals surface area contributed by atoms with E-state index in [1.807, 2.05) is 12.1 Å². The average molecular weight is 370 g/mol. The van der Waals surface area contributed by atoms with Crippen LogP contribution in [0.15, 0.2) is 54.7 Å². The minimum atomic E-state index is -0.901. The summed E-state index contributed by atoms with van der Waals surface area (Å²) in [6.45, 7) is 0.464. The van der Waals surface area contributed by atoms with Crippen molar-refractivity contribution >= 4 is 23.4 Å². The second-order valence-electron chi connectivity index (χ2n) is 5.42. The first-order valence-electron chi connectivity index (χ1n) is 8.11. The molecule has 3 N–H and O–H groups in total. The van der Waals surface area contributed by atoms with E-state index in [1.54, 1.807) is 24.4 Å². The van der Waals surface area contributed by atoms with Gasteiger partial charge in [-0.15, -0.1) is 10.2 Å². The number of nitrogens with zero attached hydrogens (tertiary/aromatic N) is 3. The molecule has 0 fully saturated rings. The maximum absolute atomic E-state index is 13.5. The Hall–Kier alpha value is -3.62. The second kappa shape index (κ2) is 8.65. The lowest BCUT2D eigenvalue weighted by atomic mass is 10.2. The summed E-state index contributed by atoms with van der Waals surface area (Å²) in [5.41, 5.74) is -0.595. The summed E-state index contributed by atoms with van der Waals surface area (Å²) in [5.74, 6) is -0.941. The molecule has 3 rings (SSSR count). The third-order valence-electron chi connectivity index (χ3n) is 3.49. The number of carbonyl (C=O) groups excluding carboxylic acids is 1. The number of hydrogen-bond donors (Lipinski definition) is 3. The quantitative estimate of drug-likeness (QED) is 0.554. The molecule has 9 heteroatoms. The largest absolute Gasteiger partial charge is 0.367 e. The molecule has 0 unspecified atom stereocenters. The molecular formula is C18H16F2N6O. The lowest BCUT2D eigenvalue weighted by molar-refractivity contribution is 0.0946. The molecule has 0 bridgehead atoms. The van der Waals surface area contributed by atoms with Crippen molar-refractivity contribution in [3.63, 3.8) is 0 Å². The maximum Gasteiger partial charge on any atom is 0.257 e. The van der Waals surface area contributed by atoms with Crippen LogP contribution in [-0.4, -0.2) is 34.2 Å². The van der Waals surface area contributed by atoms with Gasteiger partial charge >= 0.3 is 0 Å². The zero-order valence-corrected chi connectivity index (χ0v) is 14.1. The molecule has 0 atom stereocenters. The van der Waals surface area contributed by atoms with Crippen molar-refractivity contribution in [1.29, 1.82) is 0 Å². The molecule has 0 saturated heterocycles. The molecule has 1 aromatic carbocycles. The molecule has 0 aliphatic rings. The van der Waals surface area contributed by atoms with Crippen molar-refractivity contribution in [1.82, 2.24) is 20.5 Å². The van der Waals surface area contributed by atoms with E-state index in [0.29, 0.717) is 24.0 Å². The number of nitrogens with one attached hydrogen (secondary N) is 3. The molecule has 138 valence electrons. The lowest BCUT2D eigenvalue weighted by Crippen LogP contribution is -2.30. The third kappa shape index (κ3) is 4.94. The van der Waals surface area contributed by atoms with E-state index in [-0.39, 0.29) is 6.54 Å². The smallest absolute Gasteiger partial charge is 0.257 e. The molecule has 1 amide bonds. The Labute approximate surface area is 153 Å². The lowest BCUT2D eigenvalue weighted by Gasteiger charge is -2.09. The standard InChI is InChI=1S/C18H16F2N6O/c19-12-4-3-5-13(20)17(12)18(27)23-11-10-22-15-7-8-16(26-25-15)24-14-6-1-2-9-21-14/h1-9H,10-11H2,(H,22,25)(H,23,27)(H,21,24,26). The van der Waals surface area contributed by atoms with Gasteiger partial charge in [-0.1, -0.05) is 12.1 Å². The summed E-state index contributed by atoms with van der Waals surface area (Å²) in [6.07, 6.45) is 1.66. The van der Waals surface area contributed by atoms with E-state index >= 15 is 0 Å². The van der Waals surface area contributed by atoms with Gasteiger partial charge in [0, 0.05) is 19.3 Å². The molecule has 0 radical (unpaired) electrons. The fourth-order valence-electron chi connectivity index (χ4n) is 2.23. The van der Waals surface area contributed by atoms with Crippen molar-refractivity contribution in [2.24, 2.45) is 0 Å². The minimum absolute atomic E-state index is 0.155. The van der Waals surface area contributed by atoms with Crippen molar-refractivity contribution in [3.05, 3.63) is 71.9 Å². The van der Waals surface area contributed by atoms with Crippen LogP contribution in [0.4, 0.5) is 26.2 Å². The monoisotopic (exact) mass is 370 g/mol. The van der Waals surface area contributed by atoms with E-state index in [9.17, 15) is 13.6 Å². The number of rotatable bonds is 7. The minimum Gasteiger partial charge on any atom is -0.367 e. The van der Waals surface area contributed by atoms with Gasteiger partial charge in [-0.3, -0.25) is 4.79 Å². The Morgan fingerprint density at radius 1 is 0.852 bits per heavy atom. The first kappa shape index (κ1) is 18.2. The molecule has 0 spiro atoms. The van der Waals surface area contributed by atoms with E-state index in [2.05, 4.69) is 31.1 Å². The number of anilines is 3.